The molecule has 7 nitrogen and oxygen atoms in total. The molecule has 2 rings (SSSR count). The number of carbonyl (C=O) groups excluding carboxylic acids is 2. The molecular formula is C18H21N5O2. The van der Waals surface area contributed by atoms with E-state index in [1.54, 1.807) is 30.5 Å². The zero-order chi connectivity index (χ0) is 18.4. The van der Waals surface area contributed by atoms with Crippen molar-refractivity contribution >= 4 is 35.2 Å². The van der Waals surface area contributed by atoms with Crippen LogP contribution < -0.4 is 21.0 Å². The first kappa shape index (κ1) is 18.0. The van der Waals surface area contributed by atoms with Gasteiger partial charge in [0, 0.05) is 32.4 Å². The lowest BCUT2D eigenvalue weighted by Crippen LogP contribution is -2.31. The highest BCUT2D eigenvalue weighted by Crippen LogP contribution is 2.18. The first-order chi connectivity index (χ1) is 11.9. The predicted octanol–water partition coefficient (Wildman–Crippen LogP) is 2.63. The molecule has 0 aliphatic heterocycles. The molecule has 25 heavy (non-hydrogen) atoms. The maximum absolute atomic E-state index is 11.7. The minimum Gasteiger partial charge on any atom is -0.378 e. The molecule has 0 saturated carbocycles. The van der Waals surface area contributed by atoms with E-state index in [4.69, 9.17) is 5.73 Å². The molecule has 0 bridgehead atoms. The Bertz CT molecular complexity index is 767. The highest BCUT2D eigenvalue weighted by atomic mass is 16.2. The molecule has 0 spiro atoms. The van der Waals surface area contributed by atoms with Crippen molar-refractivity contribution in [2.75, 3.05) is 29.3 Å². The SMILES string of the molecule is CC(=O)Nc1ccc(N(/N=C/c2ccc(N(C)C)cc2)C(N)=O)cc1. The number of hydrogen-bond acceptors (Lipinski definition) is 4. The van der Waals surface area contributed by atoms with Gasteiger partial charge >= 0.3 is 6.03 Å². The molecule has 3 amide bonds. The lowest BCUT2D eigenvalue weighted by molar-refractivity contribution is -0.114. The molecule has 2 aromatic rings. The van der Waals surface area contributed by atoms with Gasteiger partial charge in [-0.1, -0.05) is 12.1 Å². The van der Waals surface area contributed by atoms with Crippen LogP contribution in [0.1, 0.15) is 12.5 Å². The molecule has 0 saturated heterocycles. The fourth-order valence-corrected chi connectivity index (χ4v) is 2.12. The van der Waals surface area contributed by atoms with Gasteiger partial charge in [-0.3, -0.25) is 4.79 Å². The number of primary amides is 1. The van der Waals surface area contributed by atoms with Crippen molar-refractivity contribution in [3.8, 4) is 0 Å². The van der Waals surface area contributed by atoms with Gasteiger partial charge < -0.3 is 16.0 Å². The summed E-state index contributed by atoms with van der Waals surface area (Å²) in [5, 5.41) is 7.91. The quantitative estimate of drug-likeness (QED) is 0.648. The molecule has 0 radical (unpaired) electrons. The Labute approximate surface area is 146 Å². The van der Waals surface area contributed by atoms with Crippen LogP contribution in [0.25, 0.3) is 0 Å². The van der Waals surface area contributed by atoms with E-state index in [0.717, 1.165) is 16.3 Å². The molecule has 0 unspecified atom stereocenters. The molecule has 3 N–H and O–H groups in total. The Balaban J connectivity index is 2.17. The molecule has 130 valence electrons. The van der Waals surface area contributed by atoms with Crippen LogP contribution in [0, 0.1) is 0 Å². The Morgan fingerprint density at radius 3 is 2.04 bits per heavy atom. The van der Waals surface area contributed by atoms with Crippen molar-refractivity contribution in [1.82, 2.24) is 0 Å². The topological polar surface area (TPSA) is 91.0 Å². The van der Waals surface area contributed by atoms with Crippen molar-refractivity contribution in [1.29, 1.82) is 0 Å². The number of nitrogens with zero attached hydrogens (tertiary/aromatic N) is 3. The minimum atomic E-state index is -0.701. The molecular weight excluding hydrogens is 318 g/mol. The fourth-order valence-electron chi connectivity index (χ4n) is 2.12. The van der Waals surface area contributed by atoms with E-state index in [1.165, 1.54) is 6.92 Å². The predicted molar refractivity (Wildman–Crippen MR) is 101 cm³/mol. The molecule has 0 fully saturated rings. The fraction of sp³-hybridized carbons (Fsp3) is 0.167. The highest BCUT2D eigenvalue weighted by molar-refractivity contribution is 5.94. The molecule has 0 atom stereocenters. The van der Waals surface area contributed by atoms with Crippen LogP contribution in [0.4, 0.5) is 21.9 Å². The third-order valence-electron chi connectivity index (χ3n) is 3.37. The monoisotopic (exact) mass is 339 g/mol. The van der Waals surface area contributed by atoms with Gasteiger partial charge in [0.05, 0.1) is 11.9 Å². The first-order valence-corrected chi connectivity index (χ1v) is 7.65. The average molecular weight is 339 g/mol. The molecule has 0 heterocycles. The molecule has 0 aromatic heterocycles. The van der Waals surface area contributed by atoms with Crippen molar-refractivity contribution in [2.24, 2.45) is 10.8 Å². The normalized spacial score (nSPS) is 10.5. The maximum atomic E-state index is 11.7. The zero-order valence-corrected chi connectivity index (χ0v) is 14.4. The number of benzene rings is 2. The number of rotatable bonds is 5. The van der Waals surface area contributed by atoms with Crippen LogP contribution in [0.15, 0.2) is 53.6 Å². The van der Waals surface area contributed by atoms with E-state index in [-0.39, 0.29) is 5.91 Å². The van der Waals surface area contributed by atoms with E-state index in [2.05, 4.69) is 10.4 Å². The van der Waals surface area contributed by atoms with Gasteiger partial charge in [0.25, 0.3) is 0 Å². The summed E-state index contributed by atoms with van der Waals surface area (Å²) in [5.41, 5.74) is 8.45. The highest BCUT2D eigenvalue weighted by Gasteiger charge is 2.10. The van der Waals surface area contributed by atoms with Gasteiger partial charge in [-0.05, 0) is 42.0 Å². The third kappa shape index (κ3) is 5.07. The van der Waals surface area contributed by atoms with E-state index < -0.39 is 6.03 Å². The zero-order valence-electron chi connectivity index (χ0n) is 14.4. The van der Waals surface area contributed by atoms with E-state index in [1.807, 2.05) is 43.3 Å². The van der Waals surface area contributed by atoms with E-state index in [0.29, 0.717) is 11.4 Å². The van der Waals surface area contributed by atoms with Gasteiger partial charge in [0.2, 0.25) is 5.91 Å². The smallest absolute Gasteiger partial charge is 0.340 e. The van der Waals surface area contributed by atoms with Crippen LogP contribution >= 0.6 is 0 Å². The Morgan fingerprint density at radius 2 is 1.56 bits per heavy atom. The van der Waals surface area contributed by atoms with Gasteiger partial charge in [-0.15, -0.1) is 0 Å². The number of urea groups is 1. The maximum Gasteiger partial charge on any atom is 0.340 e. The largest absolute Gasteiger partial charge is 0.378 e. The lowest BCUT2D eigenvalue weighted by atomic mass is 10.2. The Kier molecular flexibility index (Phi) is 5.73. The van der Waals surface area contributed by atoms with Crippen LogP contribution in [0.3, 0.4) is 0 Å². The van der Waals surface area contributed by atoms with Crippen LogP contribution in [-0.4, -0.2) is 32.2 Å². The van der Waals surface area contributed by atoms with Crippen molar-refractivity contribution < 1.29 is 9.59 Å². The second-order valence-corrected chi connectivity index (χ2v) is 5.61. The lowest BCUT2D eigenvalue weighted by Gasteiger charge is -2.15. The average Bonchev–Trinajstić information content (AvgIpc) is 2.56. The number of hydrazone groups is 1. The molecule has 2 aromatic carbocycles. The number of hydrogen-bond donors (Lipinski definition) is 2. The number of nitrogens with one attached hydrogen (secondary N) is 1. The standard InChI is InChI=1S/C18H21N5O2/c1-13(24)21-15-6-10-17(11-7-15)23(18(19)25)20-12-14-4-8-16(9-5-14)22(2)3/h4-12H,1-3H3,(H2,19,25)(H,21,24)/b20-12+. The summed E-state index contributed by atoms with van der Waals surface area (Å²) in [7, 11) is 3.92. The van der Waals surface area contributed by atoms with Gasteiger partial charge in [-0.25, -0.2) is 4.79 Å². The molecule has 0 aliphatic carbocycles. The summed E-state index contributed by atoms with van der Waals surface area (Å²) in [5.74, 6) is -0.168. The Morgan fingerprint density at radius 1 is 1.00 bits per heavy atom. The molecule has 0 aliphatic rings. The van der Waals surface area contributed by atoms with Crippen molar-refractivity contribution in [2.45, 2.75) is 6.92 Å². The molecule has 7 heteroatoms. The second kappa shape index (κ2) is 7.96. The van der Waals surface area contributed by atoms with Crippen molar-refractivity contribution in [3.63, 3.8) is 0 Å². The van der Waals surface area contributed by atoms with Crippen LogP contribution in [-0.2, 0) is 4.79 Å². The summed E-state index contributed by atoms with van der Waals surface area (Å²) < 4.78 is 0. The van der Waals surface area contributed by atoms with E-state index in [9.17, 15) is 9.59 Å². The summed E-state index contributed by atoms with van der Waals surface area (Å²) in [6.45, 7) is 1.43. The van der Waals surface area contributed by atoms with Crippen molar-refractivity contribution in [3.05, 3.63) is 54.1 Å². The van der Waals surface area contributed by atoms with Gasteiger partial charge in [0.1, 0.15) is 0 Å². The summed E-state index contributed by atoms with van der Waals surface area (Å²) in [4.78, 5) is 24.7. The van der Waals surface area contributed by atoms with Crippen LogP contribution in [0.5, 0.6) is 0 Å². The van der Waals surface area contributed by atoms with Crippen LogP contribution in [0.2, 0.25) is 0 Å². The third-order valence-corrected chi connectivity index (χ3v) is 3.37. The first-order valence-electron chi connectivity index (χ1n) is 7.65. The summed E-state index contributed by atoms with van der Waals surface area (Å²) >= 11 is 0. The summed E-state index contributed by atoms with van der Waals surface area (Å²) in [6.07, 6.45) is 1.56. The van der Waals surface area contributed by atoms with E-state index >= 15 is 0 Å². The second-order valence-electron chi connectivity index (χ2n) is 5.61. The van der Waals surface area contributed by atoms with Gasteiger partial charge in [0.15, 0.2) is 0 Å². The number of amides is 3. The summed E-state index contributed by atoms with van der Waals surface area (Å²) in [6, 6.07) is 13.7. The number of anilines is 3. The van der Waals surface area contributed by atoms with Gasteiger partial charge in [-0.2, -0.15) is 10.1 Å². The minimum absolute atomic E-state index is 0.168. The number of nitrogens with two attached hydrogens (primary N) is 1. The Hall–Kier alpha value is -3.35. The number of carbonyl (C=O) groups is 2.